The summed E-state index contributed by atoms with van der Waals surface area (Å²) in [5.74, 6) is 0.973. The molecule has 17 heavy (non-hydrogen) atoms. The highest BCUT2D eigenvalue weighted by atomic mass is 16.5. The predicted molar refractivity (Wildman–Crippen MR) is 69.3 cm³/mol. The van der Waals surface area contributed by atoms with Crippen LogP contribution in [-0.2, 0) is 0 Å². The van der Waals surface area contributed by atoms with Crippen LogP contribution < -0.4 is 4.74 Å². The normalized spacial score (nSPS) is 19.0. The summed E-state index contributed by atoms with van der Waals surface area (Å²) in [6.45, 7) is 3.83. The number of rotatable bonds is 3. The van der Waals surface area contributed by atoms with Gasteiger partial charge < -0.3 is 9.84 Å². The molecule has 0 saturated heterocycles. The first-order valence-electron chi connectivity index (χ1n) is 6.62. The molecule has 0 bridgehead atoms. The van der Waals surface area contributed by atoms with Crippen LogP contribution in [-0.4, -0.2) is 11.2 Å². The van der Waals surface area contributed by atoms with Crippen molar-refractivity contribution in [1.82, 2.24) is 0 Å². The van der Waals surface area contributed by atoms with E-state index in [1.165, 1.54) is 32.1 Å². The molecule has 0 unspecified atom stereocenters. The number of hydrogen-bond acceptors (Lipinski definition) is 2. The van der Waals surface area contributed by atoms with Crippen LogP contribution in [0.4, 0.5) is 0 Å². The lowest BCUT2D eigenvalue weighted by Gasteiger charge is -2.24. The minimum atomic E-state index is -0.405. The number of hydrogen-bond donors (Lipinski definition) is 1. The molecule has 0 radical (unpaired) electrons. The van der Waals surface area contributed by atoms with Crippen molar-refractivity contribution >= 4 is 0 Å². The molecule has 1 saturated carbocycles. The Labute approximate surface area is 104 Å². The predicted octanol–water partition coefficient (Wildman–Crippen LogP) is 3.76. The molecule has 0 aromatic heterocycles. The van der Waals surface area contributed by atoms with Gasteiger partial charge in [-0.1, -0.05) is 12.5 Å². The average molecular weight is 234 g/mol. The van der Waals surface area contributed by atoms with Crippen LogP contribution in [0.15, 0.2) is 18.2 Å². The fourth-order valence-corrected chi connectivity index (χ4v) is 2.43. The minimum absolute atomic E-state index is 0.389. The molecule has 1 aromatic carbocycles. The van der Waals surface area contributed by atoms with E-state index >= 15 is 0 Å². The van der Waals surface area contributed by atoms with Gasteiger partial charge in [0.05, 0.1) is 12.2 Å². The minimum Gasteiger partial charge on any atom is -0.490 e. The van der Waals surface area contributed by atoms with E-state index < -0.39 is 6.10 Å². The summed E-state index contributed by atoms with van der Waals surface area (Å²) in [4.78, 5) is 0. The van der Waals surface area contributed by atoms with Crippen LogP contribution in [0.1, 0.15) is 56.3 Å². The summed E-state index contributed by atoms with van der Waals surface area (Å²) in [6, 6.07) is 5.96. The molecule has 0 amide bonds. The fourth-order valence-electron chi connectivity index (χ4n) is 2.43. The zero-order valence-corrected chi connectivity index (χ0v) is 10.8. The van der Waals surface area contributed by atoms with E-state index in [1.807, 2.05) is 25.1 Å². The van der Waals surface area contributed by atoms with E-state index in [-0.39, 0.29) is 0 Å². The second kappa shape index (κ2) is 5.54. The SMILES string of the molecule is Cc1cc([C@H](C)O)ccc1OC1CCCCC1. The molecule has 0 aliphatic heterocycles. The van der Waals surface area contributed by atoms with Gasteiger partial charge >= 0.3 is 0 Å². The second-order valence-electron chi connectivity index (χ2n) is 5.08. The monoisotopic (exact) mass is 234 g/mol. The first-order chi connectivity index (χ1) is 8.16. The Balaban J connectivity index is 2.05. The van der Waals surface area contributed by atoms with Gasteiger partial charge in [0.1, 0.15) is 5.75 Å². The topological polar surface area (TPSA) is 29.5 Å². The summed E-state index contributed by atoms with van der Waals surface area (Å²) >= 11 is 0. The first-order valence-corrected chi connectivity index (χ1v) is 6.62. The third kappa shape index (κ3) is 3.22. The lowest BCUT2D eigenvalue weighted by molar-refractivity contribution is 0.153. The summed E-state index contributed by atoms with van der Waals surface area (Å²) < 4.78 is 6.04. The second-order valence-corrected chi connectivity index (χ2v) is 5.08. The van der Waals surface area contributed by atoms with Crippen molar-refractivity contribution in [3.05, 3.63) is 29.3 Å². The van der Waals surface area contributed by atoms with Gasteiger partial charge in [-0.2, -0.15) is 0 Å². The van der Waals surface area contributed by atoms with Crippen LogP contribution >= 0.6 is 0 Å². The van der Waals surface area contributed by atoms with Gasteiger partial charge in [-0.25, -0.2) is 0 Å². The lowest BCUT2D eigenvalue weighted by Crippen LogP contribution is -2.20. The summed E-state index contributed by atoms with van der Waals surface area (Å²) in [5.41, 5.74) is 2.08. The molecular formula is C15H22O2. The summed E-state index contributed by atoms with van der Waals surface area (Å²) in [7, 11) is 0. The van der Waals surface area contributed by atoms with E-state index in [1.54, 1.807) is 6.92 Å². The Morgan fingerprint density at radius 2 is 1.94 bits per heavy atom. The van der Waals surface area contributed by atoms with Crippen LogP contribution in [0.3, 0.4) is 0 Å². The highest BCUT2D eigenvalue weighted by Crippen LogP contribution is 2.27. The quantitative estimate of drug-likeness (QED) is 0.863. The number of benzene rings is 1. The number of aliphatic hydroxyl groups is 1. The van der Waals surface area contributed by atoms with Crippen molar-refractivity contribution in [3.63, 3.8) is 0 Å². The Morgan fingerprint density at radius 1 is 1.24 bits per heavy atom. The van der Waals surface area contributed by atoms with Crippen molar-refractivity contribution in [2.45, 2.75) is 58.2 Å². The lowest BCUT2D eigenvalue weighted by atomic mass is 9.97. The van der Waals surface area contributed by atoms with E-state index in [4.69, 9.17) is 4.74 Å². The third-order valence-corrected chi connectivity index (χ3v) is 3.53. The molecule has 1 fully saturated rings. The van der Waals surface area contributed by atoms with Gasteiger partial charge in [0.2, 0.25) is 0 Å². The molecule has 2 rings (SSSR count). The zero-order valence-electron chi connectivity index (χ0n) is 10.8. The number of ether oxygens (including phenoxy) is 1. The van der Waals surface area contributed by atoms with Crippen molar-refractivity contribution in [3.8, 4) is 5.75 Å². The van der Waals surface area contributed by atoms with Crippen molar-refractivity contribution in [2.75, 3.05) is 0 Å². The first kappa shape index (κ1) is 12.4. The van der Waals surface area contributed by atoms with Crippen LogP contribution in [0, 0.1) is 6.92 Å². The Bertz CT molecular complexity index is 365. The van der Waals surface area contributed by atoms with E-state index in [0.717, 1.165) is 16.9 Å². The molecule has 1 atom stereocenters. The molecule has 1 N–H and O–H groups in total. The maximum absolute atomic E-state index is 9.52. The summed E-state index contributed by atoms with van der Waals surface area (Å²) in [6.07, 6.45) is 6.26. The van der Waals surface area contributed by atoms with E-state index in [2.05, 4.69) is 0 Å². The van der Waals surface area contributed by atoms with Crippen molar-refractivity contribution in [1.29, 1.82) is 0 Å². The van der Waals surface area contributed by atoms with Crippen molar-refractivity contribution < 1.29 is 9.84 Å². The van der Waals surface area contributed by atoms with Gasteiger partial charge in [0.15, 0.2) is 0 Å². The standard InChI is InChI=1S/C15H22O2/c1-11-10-13(12(2)16)8-9-15(11)17-14-6-4-3-5-7-14/h8-10,12,14,16H,3-7H2,1-2H3/t12-/m0/s1. The molecule has 0 spiro atoms. The average Bonchev–Trinajstić information content (AvgIpc) is 2.33. The van der Waals surface area contributed by atoms with Gasteiger partial charge in [0, 0.05) is 0 Å². The number of aryl methyl sites for hydroxylation is 1. The van der Waals surface area contributed by atoms with Crippen LogP contribution in [0.25, 0.3) is 0 Å². The van der Waals surface area contributed by atoms with Gasteiger partial charge in [-0.05, 0) is 62.8 Å². The van der Waals surface area contributed by atoms with Gasteiger partial charge in [-0.3, -0.25) is 0 Å². The maximum atomic E-state index is 9.52. The molecule has 0 heterocycles. The third-order valence-electron chi connectivity index (χ3n) is 3.53. The van der Waals surface area contributed by atoms with Crippen molar-refractivity contribution in [2.24, 2.45) is 0 Å². The van der Waals surface area contributed by atoms with Crippen LogP contribution in [0.2, 0.25) is 0 Å². The van der Waals surface area contributed by atoms with E-state index in [9.17, 15) is 5.11 Å². The van der Waals surface area contributed by atoms with Crippen LogP contribution in [0.5, 0.6) is 5.75 Å². The molecule has 94 valence electrons. The number of aliphatic hydroxyl groups excluding tert-OH is 1. The molecule has 1 aliphatic carbocycles. The maximum Gasteiger partial charge on any atom is 0.122 e. The Hall–Kier alpha value is -1.02. The fraction of sp³-hybridized carbons (Fsp3) is 0.600. The summed E-state index contributed by atoms with van der Waals surface area (Å²) in [5, 5.41) is 9.52. The van der Waals surface area contributed by atoms with E-state index in [0.29, 0.717) is 6.10 Å². The molecule has 2 nitrogen and oxygen atoms in total. The zero-order chi connectivity index (χ0) is 12.3. The smallest absolute Gasteiger partial charge is 0.122 e. The molecule has 2 heteroatoms. The highest BCUT2D eigenvalue weighted by Gasteiger charge is 2.16. The molecular weight excluding hydrogens is 212 g/mol. The van der Waals surface area contributed by atoms with Gasteiger partial charge in [-0.15, -0.1) is 0 Å². The largest absolute Gasteiger partial charge is 0.490 e. The Morgan fingerprint density at radius 3 is 2.53 bits per heavy atom. The molecule has 1 aromatic rings. The van der Waals surface area contributed by atoms with Gasteiger partial charge in [0.25, 0.3) is 0 Å². The molecule has 1 aliphatic rings. The highest BCUT2D eigenvalue weighted by molar-refractivity contribution is 5.37. The Kier molecular flexibility index (Phi) is 4.06.